The van der Waals surface area contributed by atoms with Crippen molar-refractivity contribution in [2.45, 2.75) is 26.3 Å². The number of hydrogen-bond acceptors (Lipinski definition) is 4. The molecule has 2 aliphatic heterocycles. The van der Waals surface area contributed by atoms with Crippen molar-refractivity contribution in [3.05, 3.63) is 29.8 Å². The van der Waals surface area contributed by atoms with Gasteiger partial charge in [0.15, 0.2) is 0 Å². The molecule has 25 heavy (non-hydrogen) atoms. The predicted octanol–water partition coefficient (Wildman–Crippen LogP) is 1.59. The molecule has 1 aromatic carbocycles. The van der Waals surface area contributed by atoms with Crippen LogP contribution in [-0.4, -0.2) is 50.1 Å². The summed E-state index contributed by atoms with van der Waals surface area (Å²) in [5.74, 6) is 0.733. The number of para-hydroxylation sites is 1. The highest BCUT2D eigenvalue weighted by atomic mass is 16.5. The average Bonchev–Trinajstić information content (AvgIpc) is 2.60. The van der Waals surface area contributed by atoms with E-state index in [0.29, 0.717) is 45.7 Å². The molecular formula is C19H26N2O4. The van der Waals surface area contributed by atoms with Crippen LogP contribution in [0.3, 0.4) is 0 Å². The number of ether oxygens (including phenoxy) is 2. The van der Waals surface area contributed by atoms with E-state index in [1.807, 2.05) is 24.3 Å². The lowest BCUT2D eigenvalue weighted by molar-refractivity contribution is -0.140. The first-order valence-corrected chi connectivity index (χ1v) is 8.76. The summed E-state index contributed by atoms with van der Waals surface area (Å²) in [5.41, 5.74) is 1.01. The van der Waals surface area contributed by atoms with Gasteiger partial charge in [0, 0.05) is 37.0 Å². The number of nitrogens with zero attached hydrogens (tertiary/aromatic N) is 1. The monoisotopic (exact) mass is 346 g/mol. The number of piperidine rings is 1. The molecule has 1 unspecified atom stereocenters. The zero-order valence-corrected chi connectivity index (χ0v) is 14.9. The van der Waals surface area contributed by atoms with Crippen LogP contribution in [0.2, 0.25) is 0 Å². The molecule has 136 valence electrons. The summed E-state index contributed by atoms with van der Waals surface area (Å²) in [6, 6.07) is 7.67. The van der Waals surface area contributed by atoms with Gasteiger partial charge in [0.25, 0.3) is 0 Å². The zero-order valence-electron chi connectivity index (χ0n) is 14.9. The maximum atomic E-state index is 12.5. The molecule has 0 aliphatic carbocycles. The lowest BCUT2D eigenvalue weighted by Crippen LogP contribution is -2.51. The van der Waals surface area contributed by atoms with E-state index in [2.05, 4.69) is 12.2 Å². The fraction of sp³-hybridized carbons (Fsp3) is 0.579. The minimum absolute atomic E-state index is 0.0330. The number of methoxy groups -OCH3 is 1. The van der Waals surface area contributed by atoms with Crippen LogP contribution in [-0.2, 0) is 20.9 Å². The summed E-state index contributed by atoms with van der Waals surface area (Å²) >= 11 is 0. The van der Waals surface area contributed by atoms with Gasteiger partial charge in [-0.15, -0.1) is 0 Å². The van der Waals surface area contributed by atoms with E-state index in [-0.39, 0.29) is 23.1 Å². The Hall–Kier alpha value is -2.08. The number of amides is 2. The van der Waals surface area contributed by atoms with Crippen molar-refractivity contribution in [3.8, 4) is 5.75 Å². The van der Waals surface area contributed by atoms with Crippen molar-refractivity contribution in [1.82, 2.24) is 10.2 Å². The highest BCUT2D eigenvalue weighted by molar-refractivity contribution is 5.83. The highest BCUT2D eigenvalue weighted by Crippen LogP contribution is 2.27. The number of hydrogen-bond donors (Lipinski definition) is 1. The van der Waals surface area contributed by atoms with E-state index in [1.54, 1.807) is 12.0 Å². The third-order valence-electron chi connectivity index (χ3n) is 5.02. The van der Waals surface area contributed by atoms with Gasteiger partial charge >= 0.3 is 0 Å². The van der Waals surface area contributed by atoms with Crippen LogP contribution in [0.5, 0.6) is 5.75 Å². The van der Waals surface area contributed by atoms with Crippen molar-refractivity contribution in [2.75, 3.05) is 33.4 Å². The van der Waals surface area contributed by atoms with E-state index in [1.165, 1.54) is 0 Å². The summed E-state index contributed by atoms with van der Waals surface area (Å²) in [6.07, 6.45) is 1.02. The maximum Gasteiger partial charge on any atom is 0.224 e. The molecule has 2 fully saturated rings. The molecule has 0 radical (unpaired) electrons. The second-order valence-corrected chi connectivity index (χ2v) is 7.34. The van der Waals surface area contributed by atoms with Gasteiger partial charge in [-0.3, -0.25) is 9.59 Å². The van der Waals surface area contributed by atoms with Crippen molar-refractivity contribution in [2.24, 2.45) is 11.3 Å². The minimum Gasteiger partial charge on any atom is -0.496 e. The second kappa shape index (κ2) is 7.44. The van der Waals surface area contributed by atoms with Crippen LogP contribution in [0.1, 0.15) is 25.3 Å². The second-order valence-electron chi connectivity index (χ2n) is 7.34. The smallest absolute Gasteiger partial charge is 0.224 e. The van der Waals surface area contributed by atoms with Crippen LogP contribution in [0.15, 0.2) is 24.3 Å². The van der Waals surface area contributed by atoms with Gasteiger partial charge in [0.2, 0.25) is 11.8 Å². The maximum absolute atomic E-state index is 12.5. The number of rotatable bonds is 6. The molecule has 1 aromatic rings. The van der Waals surface area contributed by atoms with E-state index >= 15 is 0 Å². The summed E-state index contributed by atoms with van der Waals surface area (Å²) in [5, 5.41) is 3.04. The Labute approximate surface area is 148 Å². The molecule has 2 aliphatic rings. The number of carbonyl (C=O) groups excluding carboxylic acids is 2. The molecule has 1 N–H and O–H groups in total. The Bertz CT molecular complexity index is 642. The Kier molecular flexibility index (Phi) is 5.27. The fourth-order valence-corrected chi connectivity index (χ4v) is 3.32. The largest absolute Gasteiger partial charge is 0.496 e. The normalized spacial score (nSPS) is 22.2. The van der Waals surface area contributed by atoms with Gasteiger partial charge in [-0.25, -0.2) is 0 Å². The molecule has 2 saturated heterocycles. The number of carbonyl (C=O) groups is 2. The van der Waals surface area contributed by atoms with E-state index in [9.17, 15) is 9.59 Å². The summed E-state index contributed by atoms with van der Waals surface area (Å²) in [7, 11) is 1.62. The van der Waals surface area contributed by atoms with Crippen LogP contribution in [0.4, 0.5) is 0 Å². The van der Waals surface area contributed by atoms with Crippen molar-refractivity contribution in [1.29, 1.82) is 0 Å². The van der Waals surface area contributed by atoms with Gasteiger partial charge in [-0.05, 0) is 12.5 Å². The Morgan fingerprint density at radius 3 is 2.84 bits per heavy atom. The Morgan fingerprint density at radius 2 is 2.16 bits per heavy atom. The lowest BCUT2D eigenvalue weighted by Gasteiger charge is -2.39. The van der Waals surface area contributed by atoms with Crippen LogP contribution < -0.4 is 10.1 Å². The van der Waals surface area contributed by atoms with Crippen LogP contribution >= 0.6 is 0 Å². The molecule has 0 aromatic heterocycles. The third kappa shape index (κ3) is 4.12. The van der Waals surface area contributed by atoms with E-state index in [0.717, 1.165) is 11.3 Å². The van der Waals surface area contributed by atoms with Crippen LogP contribution in [0.25, 0.3) is 0 Å². The first-order valence-electron chi connectivity index (χ1n) is 8.76. The molecule has 2 heterocycles. The topological polar surface area (TPSA) is 67.9 Å². The van der Waals surface area contributed by atoms with E-state index in [4.69, 9.17) is 9.47 Å². The highest BCUT2D eigenvalue weighted by Gasteiger charge is 2.35. The molecule has 0 bridgehead atoms. The molecule has 6 heteroatoms. The van der Waals surface area contributed by atoms with Gasteiger partial charge in [0.05, 0.1) is 26.2 Å². The SMILES string of the molecule is COc1ccccc1CN1CC(C(=O)NCC2(C)COC2)CCC1=O. The third-order valence-corrected chi connectivity index (χ3v) is 5.02. The number of likely N-dealkylation sites (tertiary alicyclic amines) is 1. The standard InChI is InChI=1S/C19H26N2O4/c1-19(12-25-13-19)11-20-18(23)15-7-8-17(22)21(10-15)9-14-5-3-4-6-16(14)24-2/h3-6,15H,7-13H2,1-2H3,(H,20,23). The lowest BCUT2D eigenvalue weighted by atomic mass is 9.88. The summed E-state index contributed by atoms with van der Waals surface area (Å²) in [4.78, 5) is 26.5. The van der Waals surface area contributed by atoms with Gasteiger partial charge in [0.1, 0.15) is 5.75 Å². The fourth-order valence-electron chi connectivity index (χ4n) is 3.32. The van der Waals surface area contributed by atoms with Crippen molar-refractivity contribution < 1.29 is 19.1 Å². The summed E-state index contributed by atoms with van der Waals surface area (Å²) < 4.78 is 10.6. The van der Waals surface area contributed by atoms with Gasteiger partial charge < -0.3 is 19.7 Å². The molecular weight excluding hydrogens is 320 g/mol. The van der Waals surface area contributed by atoms with Crippen LogP contribution in [0, 0.1) is 11.3 Å². The Morgan fingerprint density at radius 1 is 1.40 bits per heavy atom. The molecule has 3 rings (SSSR count). The van der Waals surface area contributed by atoms with E-state index < -0.39 is 0 Å². The molecule has 1 atom stereocenters. The quantitative estimate of drug-likeness (QED) is 0.849. The Balaban J connectivity index is 1.59. The average molecular weight is 346 g/mol. The zero-order chi connectivity index (χ0) is 17.9. The molecule has 2 amide bonds. The molecule has 0 spiro atoms. The number of benzene rings is 1. The number of nitrogens with one attached hydrogen (secondary N) is 1. The minimum atomic E-state index is -0.156. The summed E-state index contributed by atoms with van der Waals surface area (Å²) in [6.45, 7) is 5.04. The van der Waals surface area contributed by atoms with Gasteiger partial charge in [-0.1, -0.05) is 25.1 Å². The predicted molar refractivity (Wildman–Crippen MR) is 93.1 cm³/mol. The van der Waals surface area contributed by atoms with Gasteiger partial charge in [-0.2, -0.15) is 0 Å². The first-order chi connectivity index (χ1) is 12.0. The molecule has 0 saturated carbocycles. The molecule has 6 nitrogen and oxygen atoms in total. The first kappa shape index (κ1) is 17.7. The van der Waals surface area contributed by atoms with Crippen molar-refractivity contribution >= 4 is 11.8 Å². The van der Waals surface area contributed by atoms with Crippen molar-refractivity contribution in [3.63, 3.8) is 0 Å².